The lowest BCUT2D eigenvalue weighted by Gasteiger charge is -2.18. The summed E-state index contributed by atoms with van der Waals surface area (Å²) >= 11 is 0. The van der Waals surface area contributed by atoms with Crippen LogP contribution in [-0.4, -0.2) is 4.57 Å². The molecule has 0 bridgehead atoms. The van der Waals surface area contributed by atoms with Crippen molar-refractivity contribution >= 4 is 16.6 Å². The minimum atomic E-state index is 0.282. The fourth-order valence-electron chi connectivity index (χ4n) is 3.68. The summed E-state index contributed by atoms with van der Waals surface area (Å²) in [5.41, 5.74) is 13.4. The van der Waals surface area contributed by atoms with E-state index in [0.29, 0.717) is 5.56 Å². The van der Waals surface area contributed by atoms with Gasteiger partial charge in [-0.2, -0.15) is 5.26 Å². The summed E-state index contributed by atoms with van der Waals surface area (Å²) in [6, 6.07) is 14.5. The van der Waals surface area contributed by atoms with Crippen molar-refractivity contribution in [2.24, 2.45) is 0 Å². The molecule has 1 unspecified atom stereocenters. The standard InChI is InChI=1S/C23H21N3/c1-15-6-9-18(10-7-15)26-14-21(19-4-3-5-22(25)16(19)2)20-12-17(13-24)8-11-23(20)26/h3-9,11-12,14,18H,10,25H2,1-2H3. The van der Waals surface area contributed by atoms with Gasteiger partial charge in [0.05, 0.1) is 17.7 Å². The number of nitrogens with zero attached hydrogens (tertiary/aromatic N) is 2. The zero-order valence-electron chi connectivity index (χ0n) is 15.0. The van der Waals surface area contributed by atoms with Gasteiger partial charge in [0.25, 0.3) is 0 Å². The van der Waals surface area contributed by atoms with Crippen molar-refractivity contribution in [1.29, 1.82) is 5.26 Å². The molecule has 0 saturated heterocycles. The minimum Gasteiger partial charge on any atom is -0.398 e. The number of aromatic nitrogens is 1. The fraction of sp³-hybridized carbons (Fsp3) is 0.174. The second-order valence-corrected chi connectivity index (χ2v) is 6.92. The molecule has 128 valence electrons. The summed E-state index contributed by atoms with van der Waals surface area (Å²) in [5, 5.41) is 10.4. The predicted octanol–water partition coefficient (Wildman–Crippen LogP) is 5.52. The van der Waals surface area contributed by atoms with Crippen LogP contribution in [0.3, 0.4) is 0 Å². The van der Waals surface area contributed by atoms with E-state index in [-0.39, 0.29) is 6.04 Å². The molecular weight excluding hydrogens is 318 g/mol. The lowest BCUT2D eigenvalue weighted by molar-refractivity contribution is 0.626. The molecule has 1 heterocycles. The number of allylic oxidation sites excluding steroid dienone is 4. The summed E-state index contributed by atoms with van der Waals surface area (Å²) in [4.78, 5) is 0. The Kier molecular flexibility index (Phi) is 3.89. The third-order valence-corrected chi connectivity index (χ3v) is 5.25. The number of hydrogen-bond donors (Lipinski definition) is 1. The lowest BCUT2D eigenvalue weighted by atomic mass is 9.98. The zero-order chi connectivity index (χ0) is 18.3. The smallest absolute Gasteiger partial charge is 0.0991 e. The van der Waals surface area contributed by atoms with Crippen LogP contribution >= 0.6 is 0 Å². The van der Waals surface area contributed by atoms with Gasteiger partial charge in [-0.15, -0.1) is 0 Å². The Hall–Kier alpha value is -3.25. The summed E-state index contributed by atoms with van der Waals surface area (Å²) in [7, 11) is 0. The molecule has 1 aliphatic rings. The number of rotatable bonds is 2. The van der Waals surface area contributed by atoms with Crippen molar-refractivity contribution in [1.82, 2.24) is 4.57 Å². The molecule has 3 aromatic rings. The third-order valence-electron chi connectivity index (χ3n) is 5.25. The monoisotopic (exact) mass is 339 g/mol. The Balaban J connectivity index is 1.97. The first-order valence-corrected chi connectivity index (χ1v) is 8.83. The second-order valence-electron chi connectivity index (χ2n) is 6.92. The van der Waals surface area contributed by atoms with E-state index in [9.17, 15) is 5.26 Å². The highest BCUT2D eigenvalue weighted by atomic mass is 15.0. The molecule has 0 saturated carbocycles. The first kappa shape index (κ1) is 16.2. The molecule has 1 aromatic heterocycles. The number of anilines is 1. The molecule has 3 heteroatoms. The van der Waals surface area contributed by atoms with E-state index in [0.717, 1.165) is 39.7 Å². The van der Waals surface area contributed by atoms with Gasteiger partial charge in [0, 0.05) is 28.4 Å². The van der Waals surface area contributed by atoms with Crippen molar-refractivity contribution < 1.29 is 0 Å². The Labute approximate surface area is 153 Å². The summed E-state index contributed by atoms with van der Waals surface area (Å²) in [5.74, 6) is 0. The van der Waals surface area contributed by atoms with Gasteiger partial charge in [-0.1, -0.05) is 35.9 Å². The Bertz CT molecular complexity index is 1110. The highest BCUT2D eigenvalue weighted by molar-refractivity contribution is 5.98. The van der Waals surface area contributed by atoms with E-state index in [4.69, 9.17) is 5.73 Å². The maximum atomic E-state index is 9.35. The summed E-state index contributed by atoms with van der Waals surface area (Å²) in [6.45, 7) is 4.18. The highest BCUT2D eigenvalue weighted by Gasteiger charge is 2.18. The van der Waals surface area contributed by atoms with Gasteiger partial charge in [0.15, 0.2) is 0 Å². The van der Waals surface area contributed by atoms with Crippen molar-refractivity contribution in [3.05, 3.63) is 77.5 Å². The van der Waals surface area contributed by atoms with E-state index in [2.05, 4.69) is 61.0 Å². The van der Waals surface area contributed by atoms with Crippen LogP contribution < -0.4 is 5.73 Å². The van der Waals surface area contributed by atoms with Gasteiger partial charge in [-0.25, -0.2) is 0 Å². The average Bonchev–Trinajstić information content (AvgIpc) is 3.03. The number of fused-ring (bicyclic) bond motifs is 1. The van der Waals surface area contributed by atoms with Crippen LogP contribution in [0.1, 0.15) is 30.5 Å². The fourth-order valence-corrected chi connectivity index (χ4v) is 3.68. The maximum Gasteiger partial charge on any atom is 0.0991 e. The lowest BCUT2D eigenvalue weighted by Crippen LogP contribution is -2.06. The Morgan fingerprint density at radius 1 is 1.15 bits per heavy atom. The zero-order valence-corrected chi connectivity index (χ0v) is 15.0. The molecule has 0 aliphatic heterocycles. The van der Waals surface area contributed by atoms with Gasteiger partial charge in [0.1, 0.15) is 0 Å². The molecule has 4 rings (SSSR count). The van der Waals surface area contributed by atoms with Crippen LogP contribution in [0.15, 0.2) is 66.4 Å². The van der Waals surface area contributed by atoms with Crippen LogP contribution in [0.2, 0.25) is 0 Å². The maximum absolute atomic E-state index is 9.35. The molecule has 0 fully saturated rings. The van der Waals surface area contributed by atoms with Gasteiger partial charge in [-0.05, 0) is 55.7 Å². The van der Waals surface area contributed by atoms with E-state index < -0.39 is 0 Å². The largest absolute Gasteiger partial charge is 0.398 e. The topological polar surface area (TPSA) is 54.7 Å². The molecule has 3 nitrogen and oxygen atoms in total. The van der Waals surface area contributed by atoms with Gasteiger partial charge in [-0.3, -0.25) is 0 Å². The number of nitrogen functional groups attached to an aromatic ring is 1. The van der Waals surface area contributed by atoms with Gasteiger partial charge >= 0.3 is 0 Å². The van der Waals surface area contributed by atoms with Crippen molar-refractivity contribution in [2.45, 2.75) is 26.3 Å². The quantitative estimate of drug-likeness (QED) is 0.625. The first-order chi connectivity index (χ1) is 12.6. The van der Waals surface area contributed by atoms with Crippen LogP contribution in [0.25, 0.3) is 22.0 Å². The van der Waals surface area contributed by atoms with Crippen LogP contribution in [-0.2, 0) is 0 Å². The molecule has 0 radical (unpaired) electrons. The molecule has 0 amide bonds. The minimum absolute atomic E-state index is 0.282. The molecular formula is C23H21N3. The molecule has 2 aromatic carbocycles. The Morgan fingerprint density at radius 3 is 2.73 bits per heavy atom. The van der Waals surface area contributed by atoms with Gasteiger partial charge < -0.3 is 10.3 Å². The second kappa shape index (κ2) is 6.24. The van der Waals surface area contributed by atoms with E-state index in [1.165, 1.54) is 5.57 Å². The molecule has 2 N–H and O–H groups in total. The van der Waals surface area contributed by atoms with E-state index >= 15 is 0 Å². The predicted molar refractivity (Wildman–Crippen MR) is 108 cm³/mol. The first-order valence-electron chi connectivity index (χ1n) is 8.83. The van der Waals surface area contributed by atoms with E-state index in [1.54, 1.807) is 0 Å². The Morgan fingerprint density at radius 2 is 2.00 bits per heavy atom. The molecule has 26 heavy (non-hydrogen) atoms. The average molecular weight is 339 g/mol. The van der Waals surface area contributed by atoms with E-state index in [1.807, 2.05) is 24.3 Å². The van der Waals surface area contributed by atoms with Crippen LogP contribution in [0.5, 0.6) is 0 Å². The highest BCUT2D eigenvalue weighted by Crippen LogP contribution is 2.37. The number of benzene rings is 2. The van der Waals surface area contributed by atoms with Crippen LogP contribution in [0.4, 0.5) is 5.69 Å². The third kappa shape index (κ3) is 2.60. The number of nitriles is 1. The molecule has 0 spiro atoms. The number of hydrogen-bond acceptors (Lipinski definition) is 2. The summed E-state index contributed by atoms with van der Waals surface area (Å²) in [6.07, 6.45) is 9.88. The number of nitrogens with two attached hydrogens (primary N) is 1. The van der Waals surface area contributed by atoms with Crippen molar-refractivity contribution in [3.63, 3.8) is 0 Å². The molecule has 1 atom stereocenters. The van der Waals surface area contributed by atoms with Gasteiger partial charge in [0.2, 0.25) is 0 Å². The normalized spacial score (nSPS) is 16.5. The molecule has 1 aliphatic carbocycles. The van der Waals surface area contributed by atoms with Crippen molar-refractivity contribution in [2.75, 3.05) is 5.73 Å². The SMILES string of the molecule is CC1=CCC(n2cc(-c3cccc(N)c3C)c3cc(C#N)ccc32)C=C1. The van der Waals surface area contributed by atoms with Crippen LogP contribution in [0, 0.1) is 18.3 Å². The summed E-state index contributed by atoms with van der Waals surface area (Å²) < 4.78 is 2.31. The van der Waals surface area contributed by atoms with Crippen molar-refractivity contribution in [3.8, 4) is 17.2 Å².